The van der Waals surface area contributed by atoms with Crippen molar-refractivity contribution in [2.45, 2.75) is 57.9 Å². The van der Waals surface area contributed by atoms with Gasteiger partial charge in [0.15, 0.2) is 0 Å². The molecule has 24 heavy (non-hydrogen) atoms. The highest BCUT2D eigenvalue weighted by atomic mass is 16.2. The molecule has 2 amide bonds. The van der Waals surface area contributed by atoms with Crippen molar-refractivity contribution in [3.05, 3.63) is 29.6 Å². The maximum atomic E-state index is 12.5. The standard InChI is InChI=1S/C19H27N3O2/c1-14-7-8-16(12-20-14)19(24)22-10-9-17(13-22)21-18(23)11-15-5-3-2-4-6-15/h7-8,12,15,17H,2-6,9-11,13H2,1H3,(H,21,23)/t17-/m1/s1. The highest BCUT2D eigenvalue weighted by molar-refractivity contribution is 5.94. The van der Waals surface area contributed by atoms with Gasteiger partial charge in [-0.05, 0) is 44.2 Å². The van der Waals surface area contributed by atoms with E-state index in [1.165, 1.54) is 32.1 Å². The molecule has 0 bridgehead atoms. The number of carbonyl (C=O) groups is 2. The van der Waals surface area contributed by atoms with Crippen molar-refractivity contribution in [1.82, 2.24) is 15.2 Å². The number of nitrogens with zero attached hydrogens (tertiary/aromatic N) is 2. The Morgan fingerprint density at radius 1 is 1.21 bits per heavy atom. The third kappa shape index (κ3) is 4.34. The first-order valence-electron chi connectivity index (χ1n) is 9.13. The van der Waals surface area contributed by atoms with E-state index in [1.54, 1.807) is 6.20 Å². The molecule has 1 saturated heterocycles. The van der Waals surface area contributed by atoms with Gasteiger partial charge in [0, 0.05) is 37.4 Å². The van der Waals surface area contributed by atoms with E-state index in [-0.39, 0.29) is 17.9 Å². The van der Waals surface area contributed by atoms with E-state index in [1.807, 2.05) is 24.0 Å². The summed E-state index contributed by atoms with van der Waals surface area (Å²) in [5, 5.41) is 3.12. The number of likely N-dealkylation sites (tertiary alicyclic amines) is 1. The second kappa shape index (κ2) is 7.77. The minimum atomic E-state index is 0.00605. The molecule has 130 valence electrons. The minimum Gasteiger partial charge on any atom is -0.352 e. The Hall–Kier alpha value is -1.91. The van der Waals surface area contributed by atoms with Crippen molar-refractivity contribution in [3.63, 3.8) is 0 Å². The molecule has 1 aliphatic carbocycles. The smallest absolute Gasteiger partial charge is 0.255 e. The number of carbonyl (C=O) groups excluding carboxylic acids is 2. The van der Waals surface area contributed by atoms with Crippen molar-refractivity contribution in [3.8, 4) is 0 Å². The van der Waals surface area contributed by atoms with Gasteiger partial charge in [-0.25, -0.2) is 0 Å². The zero-order valence-electron chi connectivity index (χ0n) is 14.5. The molecule has 0 aromatic carbocycles. The van der Waals surface area contributed by atoms with Gasteiger partial charge in [0.25, 0.3) is 5.91 Å². The first-order chi connectivity index (χ1) is 11.6. The molecule has 3 rings (SSSR count). The summed E-state index contributed by atoms with van der Waals surface area (Å²) in [5.74, 6) is 0.709. The molecule has 1 aliphatic heterocycles. The number of pyridine rings is 1. The molecule has 2 heterocycles. The van der Waals surface area contributed by atoms with Crippen LogP contribution in [0.5, 0.6) is 0 Å². The normalized spacial score (nSPS) is 21.7. The monoisotopic (exact) mass is 329 g/mol. The molecule has 1 saturated carbocycles. The number of aromatic nitrogens is 1. The number of hydrogen-bond acceptors (Lipinski definition) is 3. The summed E-state index contributed by atoms with van der Waals surface area (Å²) in [6.45, 7) is 3.20. The maximum Gasteiger partial charge on any atom is 0.255 e. The van der Waals surface area contributed by atoms with Gasteiger partial charge >= 0.3 is 0 Å². The van der Waals surface area contributed by atoms with Gasteiger partial charge in [0.2, 0.25) is 5.91 Å². The summed E-state index contributed by atoms with van der Waals surface area (Å²) < 4.78 is 0. The molecular formula is C19H27N3O2. The first-order valence-corrected chi connectivity index (χ1v) is 9.13. The van der Waals surface area contributed by atoms with Gasteiger partial charge in [-0.3, -0.25) is 14.6 Å². The number of rotatable bonds is 4. The summed E-state index contributed by atoms with van der Waals surface area (Å²) >= 11 is 0. The van der Waals surface area contributed by atoms with Gasteiger partial charge in [0.05, 0.1) is 5.56 Å². The van der Waals surface area contributed by atoms with E-state index in [4.69, 9.17) is 0 Å². The van der Waals surface area contributed by atoms with E-state index >= 15 is 0 Å². The number of amides is 2. The highest BCUT2D eigenvalue weighted by Crippen LogP contribution is 2.26. The molecule has 0 spiro atoms. The predicted octanol–water partition coefficient (Wildman–Crippen LogP) is 2.69. The number of hydrogen-bond donors (Lipinski definition) is 1. The van der Waals surface area contributed by atoms with E-state index in [0.717, 1.165) is 12.1 Å². The molecular weight excluding hydrogens is 302 g/mol. The lowest BCUT2D eigenvalue weighted by atomic mass is 9.87. The summed E-state index contributed by atoms with van der Waals surface area (Å²) in [6.07, 6.45) is 9.31. The zero-order valence-corrected chi connectivity index (χ0v) is 14.5. The maximum absolute atomic E-state index is 12.5. The molecule has 2 fully saturated rings. The predicted molar refractivity (Wildman–Crippen MR) is 92.6 cm³/mol. The van der Waals surface area contributed by atoms with Crippen molar-refractivity contribution in [2.24, 2.45) is 5.92 Å². The van der Waals surface area contributed by atoms with Crippen molar-refractivity contribution < 1.29 is 9.59 Å². The fourth-order valence-corrected chi connectivity index (χ4v) is 3.78. The van der Waals surface area contributed by atoms with E-state index in [9.17, 15) is 9.59 Å². The Morgan fingerprint density at radius 3 is 2.71 bits per heavy atom. The van der Waals surface area contributed by atoms with Gasteiger partial charge in [-0.15, -0.1) is 0 Å². The van der Waals surface area contributed by atoms with Gasteiger partial charge in [-0.1, -0.05) is 19.3 Å². The van der Waals surface area contributed by atoms with E-state index in [0.29, 0.717) is 31.0 Å². The molecule has 1 aromatic rings. The third-order valence-corrected chi connectivity index (χ3v) is 5.20. The fraction of sp³-hybridized carbons (Fsp3) is 0.632. The van der Waals surface area contributed by atoms with E-state index in [2.05, 4.69) is 10.3 Å². The van der Waals surface area contributed by atoms with Gasteiger partial charge in [-0.2, -0.15) is 0 Å². The first kappa shape index (κ1) is 16.9. The van der Waals surface area contributed by atoms with Crippen molar-refractivity contribution >= 4 is 11.8 Å². The molecule has 1 N–H and O–H groups in total. The Balaban J connectivity index is 1.47. The van der Waals surface area contributed by atoms with Crippen LogP contribution in [0.25, 0.3) is 0 Å². The number of aryl methyl sites for hydroxylation is 1. The summed E-state index contributed by atoms with van der Waals surface area (Å²) in [7, 11) is 0. The van der Waals surface area contributed by atoms with Crippen LogP contribution in [0.1, 0.15) is 61.0 Å². The molecule has 5 nitrogen and oxygen atoms in total. The Labute approximate surface area is 143 Å². The largest absolute Gasteiger partial charge is 0.352 e. The average Bonchev–Trinajstić information content (AvgIpc) is 3.04. The minimum absolute atomic E-state index is 0.00605. The Bertz CT molecular complexity index is 579. The summed E-state index contributed by atoms with van der Waals surface area (Å²) in [5.41, 5.74) is 1.52. The number of nitrogens with one attached hydrogen (secondary N) is 1. The zero-order chi connectivity index (χ0) is 16.9. The van der Waals surface area contributed by atoms with Crippen LogP contribution in [0.2, 0.25) is 0 Å². The Morgan fingerprint density at radius 2 is 2.00 bits per heavy atom. The van der Waals surface area contributed by atoms with Gasteiger partial charge < -0.3 is 10.2 Å². The average molecular weight is 329 g/mol. The fourth-order valence-electron chi connectivity index (χ4n) is 3.78. The topological polar surface area (TPSA) is 62.3 Å². The molecule has 2 aliphatic rings. The summed E-state index contributed by atoms with van der Waals surface area (Å²) in [4.78, 5) is 30.7. The van der Waals surface area contributed by atoms with Crippen LogP contribution in [-0.2, 0) is 4.79 Å². The lowest BCUT2D eigenvalue weighted by Crippen LogP contribution is -2.39. The summed E-state index contributed by atoms with van der Waals surface area (Å²) in [6, 6.07) is 3.76. The molecule has 1 aromatic heterocycles. The van der Waals surface area contributed by atoms with Crippen LogP contribution >= 0.6 is 0 Å². The van der Waals surface area contributed by atoms with E-state index < -0.39 is 0 Å². The molecule has 0 radical (unpaired) electrons. The SMILES string of the molecule is Cc1ccc(C(=O)N2CC[C@@H](NC(=O)CC3CCCCC3)C2)cn1. The second-order valence-electron chi connectivity index (χ2n) is 7.20. The lowest BCUT2D eigenvalue weighted by Gasteiger charge is -2.22. The second-order valence-corrected chi connectivity index (χ2v) is 7.20. The van der Waals surface area contributed by atoms with Crippen LogP contribution in [-0.4, -0.2) is 40.8 Å². The quantitative estimate of drug-likeness (QED) is 0.924. The van der Waals surface area contributed by atoms with Crippen molar-refractivity contribution in [1.29, 1.82) is 0 Å². The van der Waals surface area contributed by atoms with Crippen LogP contribution in [0, 0.1) is 12.8 Å². The Kier molecular flexibility index (Phi) is 5.48. The van der Waals surface area contributed by atoms with Crippen LogP contribution in [0.4, 0.5) is 0 Å². The highest BCUT2D eigenvalue weighted by Gasteiger charge is 2.28. The molecule has 0 unspecified atom stereocenters. The molecule has 1 atom stereocenters. The molecule has 5 heteroatoms. The van der Waals surface area contributed by atoms with Crippen LogP contribution in [0.15, 0.2) is 18.3 Å². The van der Waals surface area contributed by atoms with Crippen LogP contribution < -0.4 is 5.32 Å². The van der Waals surface area contributed by atoms with Crippen molar-refractivity contribution in [2.75, 3.05) is 13.1 Å². The van der Waals surface area contributed by atoms with Gasteiger partial charge in [0.1, 0.15) is 0 Å². The van der Waals surface area contributed by atoms with Crippen LogP contribution in [0.3, 0.4) is 0 Å². The third-order valence-electron chi connectivity index (χ3n) is 5.20. The lowest BCUT2D eigenvalue weighted by molar-refractivity contribution is -0.122.